The largest absolute Gasteiger partial charge is 0.199 e. The summed E-state index contributed by atoms with van der Waals surface area (Å²) in [5.41, 5.74) is 0. The lowest BCUT2D eigenvalue weighted by atomic mass is 10.4. The Labute approximate surface area is 67.2 Å². The monoisotopic (exact) mass is 143 g/mol. The van der Waals surface area contributed by atoms with Crippen molar-refractivity contribution in [1.82, 2.24) is 0 Å². The first-order chi connectivity index (χ1) is 4.41. The predicted molar refractivity (Wildman–Crippen MR) is 47.3 cm³/mol. The molecule has 0 aromatic heterocycles. The van der Waals surface area contributed by atoms with Crippen molar-refractivity contribution in [2.24, 2.45) is 0 Å². The normalized spacial score (nSPS) is 9.56. The van der Waals surface area contributed by atoms with Crippen LogP contribution in [0.1, 0.15) is 41.0 Å². The fourth-order valence-corrected chi connectivity index (χ4v) is 2.52. The molecular formula is C8H20Al. The minimum absolute atomic E-state index is 0. The molecule has 0 aliphatic heterocycles. The molecule has 0 aliphatic rings. The summed E-state index contributed by atoms with van der Waals surface area (Å²) in [4.78, 5) is 0. The van der Waals surface area contributed by atoms with Gasteiger partial charge in [0, 0.05) is 1.43 Å². The molecule has 55 valence electrons. The van der Waals surface area contributed by atoms with Crippen LogP contribution in [0.4, 0.5) is 0 Å². The maximum atomic E-state index is 2.28. The molecular weight excluding hydrogens is 123 g/mol. The summed E-state index contributed by atoms with van der Waals surface area (Å²) in [6, 6.07) is 0. The number of hydrogen-bond donors (Lipinski definition) is 0. The molecule has 0 aromatic carbocycles. The average molecular weight is 143 g/mol. The molecule has 0 atom stereocenters. The summed E-state index contributed by atoms with van der Waals surface area (Å²) >= 11 is 0.818. The van der Waals surface area contributed by atoms with Crippen molar-refractivity contribution in [3.05, 3.63) is 0 Å². The molecule has 0 saturated carbocycles. The smallest absolute Gasteiger partial charge is 0.104 e. The molecule has 0 spiro atoms. The van der Waals surface area contributed by atoms with Gasteiger partial charge in [-0.25, -0.2) is 0 Å². The summed E-state index contributed by atoms with van der Waals surface area (Å²) < 4.78 is 0. The fourth-order valence-electron chi connectivity index (χ4n) is 0.841. The van der Waals surface area contributed by atoms with Gasteiger partial charge in [-0.05, 0) is 0 Å². The van der Waals surface area contributed by atoms with Crippen LogP contribution in [-0.2, 0) is 0 Å². The van der Waals surface area contributed by atoms with Crippen molar-refractivity contribution in [2.75, 3.05) is 0 Å². The second-order valence-electron chi connectivity index (χ2n) is 2.57. The van der Waals surface area contributed by atoms with E-state index in [4.69, 9.17) is 0 Å². The first-order valence-corrected chi connectivity index (χ1v) is 5.86. The van der Waals surface area contributed by atoms with Crippen molar-refractivity contribution in [3.8, 4) is 0 Å². The summed E-state index contributed by atoms with van der Waals surface area (Å²) in [6.07, 6.45) is 5.72. The average Bonchev–Trinajstić information content (AvgIpc) is 1.89. The van der Waals surface area contributed by atoms with E-state index >= 15 is 0 Å². The Kier molecular flexibility index (Phi) is 9.04. The van der Waals surface area contributed by atoms with Crippen LogP contribution in [0.15, 0.2) is 0 Å². The zero-order valence-electron chi connectivity index (χ0n) is 6.82. The third kappa shape index (κ3) is 8.53. The molecule has 0 N–H and O–H groups in total. The molecule has 1 radical (unpaired) electrons. The molecule has 0 heterocycles. The predicted octanol–water partition coefficient (Wildman–Crippen LogP) is 3.37. The summed E-state index contributed by atoms with van der Waals surface area (Å²) in [7, 11) is 0. The molecule has 0 bridgehead atoms. The first-order valence-electron chi connectivity index (χ1n) is 4.23. The Morgan fingerprint density at radius 3 is 1.78 bits per heavy atom. The summed E-state index contributed by atoms with van der Waals surface area (Å²) in [5.74, 6) is 0. The SMILES string of the molecule is CCC[CH2][Al][CH2]CCC.[HH]. The first kappa shape index (κ1) is 9.53. The van der Waals surface area contributed by atoms with E-state index in [0.29, 0.717) is 0 Å². The van der Waals surface area contributed by atoms with Crippen LogP contribution < -0.4 is 0 Å². The van der Waals surface area contributed by atoms with Gasteiger partial charge in [-0.15, -0.1) is 10.6 Å². The lowest BCUT2D eigenvalue weighted by molar-refractivity contribution is 0.851. The van der Waals surface area contributed by atoms with Gasteiger partial charge < -0.3 is 0 Å². The standard InChI is InChI=1S/2C4H9.Al.H2/c2*1-3-4-2;;/h2*1,3-4H2,2H3;;1H. The second kappa shape index (κ2) is 8.53. The zero-order chi connectivity index (χ0) is 6.95. The van der Waals surface area contributed by atoms with Crippen LogP contribution in [0.3, 0.4) is 0 Å². The molecule has 0 amide bonds. The summed E-state index contributed by atoms with van der Waals surface area (Å²) in [6.45, 7) is 4.55. The van der Waals surface area contributed by atoms with E-state index in [1.807, 2.05) is 0 Å². The number of rotatable bonds is 6. The highest BCUT2D eigenvalue weighted by molar-refractivity contribution is 6.35. The van der Waals surface area contributed by atoms with Crippen molar-refractivity contribution in [2.45, 2.75) is 50.1 Å². The third-order valence-electron chi connectivity index (χ3n) is 1.52. The summed E-state index contributed by atoms with van der Waals surface area (Å²) in [5, 5.41) is 3.08. The quantitative estimate of drug-likeness (QED) is 0.395. The second-order valence-corrected chi connectivity index (χ2v) is 4.31. The lowest BCUT2D eigenvalue weighted by Gasteiger charge is -1.93. The van der Waals surface area contributed by atoms with E-state index in [1.54, 1.807) is 0 Å². The number of unbranched alkanes of at least 4 members (excludes halogenated alkanes) is 2. The topological polar surface area (TPSA) is 0 Å². The van der Waals surface area contributed by atoms with Crippen LogP contribution >= 0.6 is 0 Å². The van der Waals surface area contributed by atoms with Crippen LogP contribution in [0.2, 0.25) is 10.6 Å². The third-order valence-corrected chi connectivity index (χ3v) is 3.16. The highest BCUT2D eigenvalue weighted by atomic mass is 27.1. The van der Waals surface area contributed by atoms with Crippen LogP contribution in [0.25, 0.3) is 0 Å². The molecule has 0 fully saturated rings. The van der Waals surface area contributed by atoms with Crippen molar-refractivity contribution < 1.29 is 1.43 Å². The molecule has 0 nitrogen and oxygen atoms in total. The van der Waals surface area contributed by atoms with Crippen molar-refractivity contribution >= 4 is 15.2 Å². The molecule has 0 aliphatic carbocycles. The highest BCUT2D eigenvalue weighted by Crippen LogP contribution is 1.99. The van der Waals surface area contributed by atoms with Crippen LogP contribution in [0, 0.1) is 0 Å². The van der Waals surface area contributed by atoms with Gasteiger partial charge in [0.15, 0.2) is 15.2 Å². The van der Waals surface area contributed by atoms with Gasteiger partial charge in [-0.3, -0.25) is 0 Å². The van der Waals surface area contributed by atoms with Crippen LogP contribution in [0.5, 0.6) is 0 Å². The van der Waals surface area contributed by atoms with E-state index in [1.165, 1.54) is 36.2 Å². The fraction of sp³-hybridized carbons (Fsp3) is 1.00. The van der Waals surface area contributed by atoms with E-state index in [-0.39, 0.29) is 1.43 Å². The Balaban J connectivity index is 0. The Morgan fingerprint density at radius 1 is 1.00 bits per heavy atom. The van der Waals surface area contributed by atoms with Gasteiger partial charge in [0.1, 0.15) is 0 Å². The van der Waals surface area contributed by atoms with Gasteiger partial charge >= 0.3 is 0 Å². The highest BCUT2D eigenvalue weighted by Gasteiger charge is 1.89. The molecule has 1 heteroatoms. The molecule has 9 heavy (non-hydrogen) atoms. The van der Waals surface area contributed by atoms with E-state index in [9.17, 15) is 0 Å². The van der Waals surface area contributed by atoms with Gasteiger partial charge in [0.05, 0.1) is 0 Å². The molecule has 0 rings (SSSR count). The van der Waals surface area contributed by atoms with Gasteiger partial charge in [0.25, 0.3) is 0 Å². The van der Waals surface area contributed by atoms with E-state index < -0.39 is 0 Å². The minimum Gasteiger partial charge on any atom is -0.104 e. The van der Waals surface area contributed by atoms with Crippen molar-refractivity contribution in [3.63, 3.8) is 0 Å². The van der Waals surface area contributed by atoms with Gasteiger partial charge in [0.2, 0.25) is 0 Å². The van der Waals surface area contributed by atoms with Gasteiger partial charge in [-0.1, -0.05) is 39.5 Å². The lowest BCUT2D eigenvalue weighted by Crippen LogP contribution is -1.87. The van der Waals surface area contributed by atoms with Crippen molar-refractivity contribution in [1.29, 1.82) is 0 Å². The Hall–Kier alpha value is 0.532. The molecule has 0 unspecified atom stereocenters. The van der Waals surface area contributed by atoms with Crippen LogP contribution in [-0.4, -0.2) is 15.2 Å². The number of hydrogen-bond acceptors (Lipinski definition) is 0. The molecule has 0 saturated heterocycles. The Morgan fingerprint density at radius 2 is 1.44 bits per heavy atom. The maximum Gasteiger partial charge on any atom is 0.199 e. The molecule has 0 aromatic rings. The zero-order valence-corrected chi connectivity index (χ0v) is 7.97. The minimum atomic E-state index is 0. The Bertz CT molecular complexity index is 42.5. The maximum absolute atomic E-state index is 2.28. The van der Waals surface area contributed by atoms with E-state index in [2.05, 4.69) is 13.8 Å². The van der Waals surface area contributed by atoms with E-state index in [0.717, 1.165) is 15.2 Å². The van der Waals surface area contributed by atoms with Gasteiger partial charge in [-0.2, -0.15) is 0 Å².